The monoisotopic (exact) mass is 248 g/mol. The summed E-state index contributed by atoms with van der Waals surface area (Å²) in [5.74, 6) is 0.676. The van der Waals surface area contributed by atoms with Gasteiger partial charge in [0.15, 0.2) is 12.0 Å². The van der Waals surface area contributed by atoms with Gasteiger partial charge >= 0.3 is 0 Å². The van der Waals surface area contributed by atoms with E-state index in [-0.39, 0.29) is 0 Å². The molecule has 2 aromatic heterocycles. The second-order valence-corrected chi connectivity index (χ2v) is 4.58. The summed E-state index contributed by atoms with van der Waals surface area (Å²) in [4.78, 5) is 8.55. The van der Waals surface area contributed by atoms with Crippen LogP contribution in [0.25, 0.3) is 22.4 Å². The summed E-state index contributed by atoms with van der Waals surface area (Å²) < 4.78 is 5.26. The summed E-state index contributed by atoms with van der Waals surface area (Å²) in [6.45, 7) is 0. The molecule has 3 rings (SSSR count). The summed E-state index contributed by atoms with van der Waals surface area (Å²) >= 11 is 5.82. The predicted octanol–water partition coefficient (Wildman–Crippen LogP) is 3.38. The SMILES string of the molecule is SCc1nc(-c2ccc3ncoc3c2)cs1. The zero-order chi connectivity index (χ0) is 11.0. The summed E-state index contributed by atoms with van der Waals surface area (Å²) in [7, 11) is 0. The molecule has 1 aromatic carbocycles. The molecule has 2 heterocycles. The lowest BCUT2D eigenvalue weighted by atomic mass is 10.1. The second-order valence-electron chi connectivity index (χ2n) is 3.32. The summed E-state index contributed by atoms with van der Waals surface area (Å²) in [5.41, 5.74) is 3.67. The van der Waals surface area contributed by atoms with Crippen LogP contribution in [0.4, 0.5) is 0 Å². The van der Waals surface area contributed by atoms with Crippen LogP contribution >= 0.6 is 24.0 Å². The lowest BCUT2D eigenvalue weighted by Crippen LogP contribution is -1.79. The van der Waals surface area contributed by atoms with Gasteiger partial charge in [0, 0.05) is 16.7 Å². The Kier molecular flexibility index (Phi) is 2.41. The van der Waals surface area contributed by atoms with Crippen molar-refractivity contribution in [1.29, 1.82) is 0 Å². The molecule has 0 amide bonds. The third-order valence-electron chi connectivity index (χ3n) is 2.31. The Morgan fingerprint density at radius 2 is 2.31 bits per heavy atom. The highest BCUT2D eigenvalue weighted by Gasteiger charge is 2.06. The lowest BCUT2D eigenvalue weighted by Gasteiger charge is -1.95. The van der Waals surface area contributed by atoms with Crippen molar-refractivity contribution in [2.75, 3.05) is 0 Å². The molecule has 0 radical (unpaired) electrons. The number of benzene rings is 1. The first-order chi connectivity index (χ1) is 7.86. The zero-order valence-corrected chi connectivity index (χ0v) is 9.96. The Bertz CT molecular complexity index is 629. The summed E-state index contributed by atoms with van der Waals surface area (Å²) in [6, 6.07) is 5.90. The predicted molar refractivity (Wildman–Crippen MR) is 67.8 cm³/mol. The quantitative estimate of drug-likeness (QED) is 0.707. The molecule has 3 aromatic rings. The van der Waals surface area contributed by atoms with Crippen LogP contribution in [-0.2, 0) is 5.75 Å². The highest BCUT2D eigenvalue weighted by Crippen LogP contribution is 2.25. The zero-order valence-electron chi connectivity index (χ0n) is 8.25. The molecular weight excluding hydrogens is 240 g/mol. The molecule has 0 atom stereocenters. The molecule has 80 valence electrons. The Labute approximate surface area is 102 Å². The van der Waals surface area contributed by atoms with Gasteiger partial charge in [0.2, 0.25) is 0 Å². The van der Waals surface area contributed by atoms with E-state index in [1.165, 1.54) is 6.39 Å². The van der Waals surface area contributed by atoms with Crippen LogP contribution in [-0.4, -0.2) is 9.97 Å². The highest BCUT2D eigenvalue weighted by molar-refractivity contribution is 7.79. The van der Waals surface area contributed by atoms with Crippen LogP contribution in [0.5, 0.6) is 0 Å². The second kappa shape index (κ2) is 3.92. The topological polar surface area (TPSA) is 38.9 Å². The van der Waals surface area contributed by atoms with Crippen molar-refractivity contribution in [2.45, 2.75) is 5.75 Å². The summed E-state index contributed by atoms with van der Waals surface area (Å²) in [6.07, 6.45) is 1.45. The molecule has 0 aliphatic rings. The third kappa shape index (κ3) is 1.62. The van der Waals surface area contributed by atoms with Crippen LogP contribution in [0.1, 0.15) is 5.01 Å². The number of thiol groups is 1. The molecule has 0 aliphatic carbocycles. The van der Waals surface area contributed by atoms with Gasteiger partial charge in [-0.3, -0.25) is 0 Å². The van der Waals surface area contributed by atoms with E-state index in [0.29, 0.717) is 5.75 Å². The number of aromatic nitrogens is 2. The molecule has 0 spiro atoms. The number of oxazole rings is 1. The minimum absolute atomic E-state index is 0.676. The molecule has 0 aliphatic heterocycles. The fourth-order valence-corrected chi connectivity index (χ4v) is 2.49. The van der Waals surface area contributed by atoms with E-state index in [0.717, 1.165) is 27.4 Å². The van der Waals surface area contributed by atoms with E-state index >= 15 is 0 Å². The largest absolute Gasteiger partial charge is 0.443 e. The fourth-order valence-electron chi connectivity index (χ4n) is 1.53. The van der Waals surface area contributed by atoms with Gasteiger partial charge in [-0.1, -0.05) is 6.07 Å². The van der Waals surface area contributed by atoms with E-state index in [1.807, 2.05) is 23.6 Å². The van der Waals surface area contributed by atoms with Gasteiger partial charge in [0.05, 0.1) is 5.69 Å². The average molecular weight is 248 g/mol. The minimum Gasteiger partial charge on any atom is -0.443 e. The van der Waals surface area contributed by atoms with Crippen molar-refractivity contribution < 1.29 is 4.42 Å². The molecule has 0 bridgehead atoms. The fraction of sp³-hybridized carbons (Fsp3) is 0.0909. The number of thiazole rings is 1. The number of hydrogen-bond donors (Lipinski definition) is 1. The Morgan fingerprint density at radius 1 is 1.38 bits per heavy atom. The normalized spacial score (nSPS) is 11.1. The Hall–Kier alpha value is -1.33. The maximum absolute atomic E-state index is 5.26. The van der Waals surface area contributed by atoms with Crippen molar-refractivity contribution in [3.05, 3.63) is 35.0 Å². The van der Waals surface area contributed by atoms with Crippen molar-refractivity contribution >= 4 is 35.1 Å². The molecular formula is C11H8N2OS2. The van der Waals surface area contributed by atoms with Crippen molar-refractivity contribution in [2.24, 2.45) is 0 Å². The van der Waals surface area contributed by atoms with E-state index in [4.69, 9.17) is 4.42 Å². The number of rotatable bonds is 2. The number of fused-ring (bicyclic) bond motifs is 1. The van der Waals surface area contributed by atoms with Crippen molar-refractivity contribution in [3.8, 4) is 11.3 Å². The molecule has 5 heteroatoms. The number of hydrogen-bond acceptors (Lipinski definition) is 5. The van der Waals surface area contributed by atoms with Gasteiger partial charge < -0.3 is 4.42 Å². The molecule has 3 nitrogen and oxygen atoms in total. The number of nitrogens with zero attached hydrogens (tertiary/aromatic N) is 2. The van der Waals surface area contributed by atoms with Crippen LogP contribution in [0.2, 0.25) is 0 Å². The van der Waals surface area contributed by atoms with Crippen LogP contribution in [0.15, 0.2) is 34.4 Å². The molecule has 0 saturated carbocycles. The third-order valence-corrected chi connectivity index (χ3v) is 3.68. The minimum atomic E-state index is 0.676. The molecule has 0 fully saturated rings. The van der Waals surface area contributed by atoms with Crippen molar-refractivity contribution in [3.63, 3.8) is 0 Å². The van der Waals surface area contributed by atoms with Crippen LogP contribution in [0.3, 0.4) is 0 Å². The van der Waals surface area contributed by atoms with Crippen molar-refractivity contribution in [1.82, 2.24) is 9.97 Å². The van der Waals surface area contributed by atoms with Gasteiger partial charge in [0.25, 0.3) is 0 Å². The first-order valence-corrected chi connectivity index (χ1v) is 6.27. The lowest BCUT2D eigenvalue weighted by molar-refractivity contribution is 0.602. The van der Waals surface area contributed by atoms with Gasteiger partial charge in [-0.15, -0.1) is 11.3 Å². The highest BCUT2D eigenvalue weighted by atomic mass is 32.1. The maximum atomic E-state index is 5.26. The van der Waals surface area contributed by atoms with Gasteiger partial charge in [-0.25, -0.2) is 9.97 Å². The Morgan fingerprint density at radius 3 is 3.12 bits per heavy atom. The van der Waals surface area contributed by atoms with Gasteiger partial charge in [-0.2, -0.15) is 12.6 Å². The first kappa shape index (κ1) is 9.86. The standard InChI is InChI=1S/C11H8N2OS2/c15-4-11-13-9(5-16-11)7-1-2-8-10(3-7)14-6-12-8/h1-3,5-6,15H,4H2. The van der Waals surface area contributed by atoms with E-state index in [1.54, 1.807) is 11.3 Å². The van der Waals surface area contributed by atoms with E-state index < -0.39 is 0 Å². The maximum Gasteiger partial charge on any atom is 0.181 e. The summed E-state index contributed by atoms with van der Waals surface area (Å²) in [5, 5.41) is 3.05. The molecule has 16 heavy (non-hydrogen) atoms. The van der Waals surface area contributed by atoms with Crippen LogP contribution < -0.4 is 0 Å². The molecule has 0 saturated heterocycles. The molecule has 0 unspecified atom stereocenters. The Balaban J connectivity index is 2.10. The van der Waals surface area contributed by atoms with E-state index in [2.05, 4.69) is 22.6 Å². The van der Waals surface area contributed by atoms with Gasteiger partial charge in [0.1, 0.15) is 10.5 Å². The van der Waals surface area contributed by atoms with Crippen LogP contribution in [0, 0.1) is 0 Å². The average Bonchev–Trinajstić information content (AvgIpc) is 2.96. The van der Waals surface area contributed by atoms with Gasteiger partial charge in [-0.05, 0) is 12.1 Å². The van der Waals surface area contributed by atoms with E-state index in [9.17, 15) is 0 Å². The smallest absolute Gasteiger partial charge is 0.181 e. The first-order valence-electron chi connectivity index (χ1n) is 4.76. The molecule has 0 N–H and O–H groups in total.